The number of nitrogens with two attached hydrogens (primary N) is 1. The number of nitrogens with zero attached hydrogens (tertiary/aromatic N) is 11. The van der Waals surface area contributed by atoms with Gasteiger partial charge in [-0.05, 0) is 36.4 Å². The SMILES string of the molecule is CC(=O)NC[C@H]1CN(c2ccc(N3C=NN(C(=O)NCCO)CC3)c(F)c2)C(=O)O1.CC(=O)NC[C@H]1CN(c2ccc(N3C=NNCC3)c(F)c2)C(=O)O1.NCCO.O=C(n1ccnc1)n1ccnc1. The van der Waals surface area contributed by atoms with Crippen molar-refractivity contribution in [2.75, 3.05) is 98.3 Å². The smallest absolute Gasteiger partial charge is 0.414 e. The lowest BCUT2D eigenvalue weighted by Crippen LogP contribution is -2.45. The number of hydrazone groups is 2. The average molecular weight is 981 g/mol. The third-order valence-electron chi connectivity index (χ3n) is 9.85. The Hall–Kier alpha value is -8.24. The summed E-state index contributed by atoms with van der Waals surface area (Å²) in [6.45, 7) is 5.82. The van der Waals surface area contributed by atoms with Gasteiger partial charge in [0.25, 0.3) is 0 Å². The van der Waals surface area contributed by atoms with E-state index in [1.807, 2.05) is 0 Å². The first-order valence-corrected chi connectivity index (χ1v) is 21.6. The maximum absolute atomic E-state index is 14.7. The number of anilines is 4. The van der Waals surface area contributed by atoms with Gasteiger partial charge in [-0.1, -0.05) is 0 Å². The minimum Gasteiger partial charge on any atom is -0.442 e. The normalized spacial score (nSPS) is 16.9. The van der Waals surface area contributed by atoms with Crippen molar-refractivity contribution in [2.24, 2.45) is 15.9 Å². The number of urea groups is 1. The second-order valence-electron chi connectivity index (χ2n) is 15.0. The van der Waals surface area contributed by atoms with Crippen molar-refractivity contribution in [3.8, 4) is 0 Å². The Bertz CT molecular complexity index is 2410. The number of benzene rings is 2. The van der Waals surface area contributed by atoms with E-state index in [1.165, 1.54) is 81.3 Å². The summed E-state index contributed by atoms with van der Waals surface area (Å²) in [4.78, 5) is 82.6. The van der Waals surface area contributed by atoms with Gasteiger partial charge in [-0.15, -0.1) is 0 Å². The highest BCUT2D eigenvalue weighted by atomic mass is 19.1. The molecule has 70 heavy (non-hydrogen) atoms. The molecule has 0 aliphatic carbocycles. The highest BCUT2D eigenvalue weighted by molar-refractivity contribution is 5.92. The lowest BCUT2D eigenvalue weighted by Gasteiger charge is -2.29. The molecule has 0 bridgehead atoms. The zero-order valence-electron chi connectivity index (χ0n) is 38.1. The Kier molecular flexibility index (Phi) is 19.8. The molecular formula is C42H54F2N16O10. The molecule has 4 aliphatic rings. The topological polar surface area (TPSA) is 312 Å². The van der Waals surface area contributed by atoms with Crippen LogP contribution in [0, 0.1) is 11.6 Å². The Morgan fingerprint density at radius 1 is 0.757 bits per heavy atom. The van der Waals surface area contributed by atoms with Crippen LogP contribution in [0.3, 0.4) is 0 Å². The summed E-state index contributed by atoms with van der Waals surface area (Å²) >= 11 is 0. The van der Waals surface area contributed by atoms with Gasteiger partial charge in [-0.2, -0.15) is 10.2 Å². The molecule has 6 amide bonds. The van der Waals surface area contributed by atoms with E-state index in [4.69, 9.17) is 25.4 Å². The number of imidazole rings is 2. The molecule has 2 atom stereocenters. The van der Waals surface area contributed by atoms with Gasteiger partial charge in [-0.25, -0.2) is 42.9 Å². The molecule has 2 aromatic carbocycles. The second-order valence-corrected chi connectivity index (χ2v) is 15.0. The van der Waals surface area contributed by atoms with Crippen LogP contribution in [0.1, 0.15) is 13.8 Å². The number of aliphatic hydroxyl groups excluding tert-OH is 2. The van der Waals surface area contributed by atoms with Crippen LogP contribution < -0.4 is 46.7 Å². The Morgan fingerprint density at radius 2 is 1.27 bits per heavy atom. The first-order valence-electron chi connectivity index (χ1n) is 21.6. The molecule has 0 unspecified atom stereocenters. The maximum Gasteiger partial charge on any atom is 0.414 e. The average Bonchev–Trinajstić information content (AvgIpc) is 4.22. The fraction of sp³-hybridized carbons (Fsp3) is 0.381. The van der Waals surface area contributed by atoms with E-state index >= 15 is 0 Å². The lowest BCUT2D eigenvalue weighted by atomic mass is 10.2. The third-order valence-corrected chi connectivity index (χ3v) is 9.85. The van der Waals surface area contributed by atoms with Crippen LogP contribution in [0.25, 0.3) is 0 Å². The lowest BCUT2D eigenvalue weighted by molar-refractivity contribution is -0.120. The van der Waals surface area contributed by atoms with Gasteiger partial charge in [0.1, 0.15) is 49.2 Å². The fourth-order valence-electron chi connectivity index (χ4n) is 6.48. The highest BCUT2D eigenvalue weighted by Gasteiger charge is 2.34. The molecule has 0 radical (unpaired) electrons. The van der Waals surface area contributed by atoms with Gasteiger partial charge in [0.05, 0.1) is 75.2 Å². The first kappa shape index (κ1) is 52.7. The standard InChI is InChI=1S/C18H23FN6O5.C15H18FN5O3.C7H6N4O.C2H7NO/c1-12(27)21-9-14-10-24(18(29)30-14)13-2-3-16(15(19)8-13)23-5-6-25(22-11-23)17(28)20-4-7-26;1-10(22)17-7-12-8-21(15(23)24-12)11-2-3-14(13(16)6-11)20-5-4-18-19-9-20;12-7(10-3-1-8-5-10)11-4-2-9-6-11;3-1-2-4/h2-3,8,11,14,26H,4-7,9-10H2,1H3,(H,20,28)(H,21,27);2-3,6,9,12,18H,4-5,7-8H2,1H3,(H,17,22);1-6H;4H,1-3H2/t14-;12-;;/m00../s1. The number of aliphatic hydroxyl groups is 2. The van der Waals surface area contributed by atoms with Crippen molar-refractivity contribution in [1.82, 2.24) is 45.5 Å². The molecule has 6 heterocycles. The van der Waals surface area contributed by atoms with Gasteiger partial charge >= 0.3 is 24.2 Å². The summed E-state index contributed by atoms with van der Waals surface area (Å²) in [5.74, 6) is -1.43. The molecule has 28 heteroatoms. The van der Waals surface area contributed by atoms with Crippen LogP contribution in [0.2, 0.25) is 0 Å². The van der Waals surface area contributed by atoms with E-state index in [2.05, 4.69) is 41.5 Å². The molecule has 376 valence electrons. The number of ether oxygens (including phenoxy) is 2. The largest absolute Gasteiger partial charge is 0.442 e. The van der Waals surface area contributed by atoms with Gasteiger partial charge in [0, 0.05) is 64.8 Å². The quantitative estimate of drug-likeness (QED) is 0.106. The van der Waals surface area contributed by atoms with Crippen molar-refractivity contribution >= 4 is 71.5 Å². The molecule has 0 spiro atoms. The van der Waals surface area contributed by atoms with E-state index in [0.29, 0.717) is 43.2 Å². The van der Waals surface area contributed by atoms with E-state index in [0.717, 1.165) is 0 Å². The minimum absolute atomic E-state index is 0.0972. The van der Waals surface area contributed by atoms with Crippen molar-refractivity contribution in [2.45, 2.75) is 26.1 Å². The second kappa shape index (κ2) is 26.3. The summed E-state index contributed by atoms with van der Waals surface area (Å²) in [6, 6.07) is 8.27. The molecular weight excluding hydrogens is 927 g/mol. The van der Waals surface area contributed by atoms with Crippen molar-refractivity contribution in [3.63, 3.8) is 0 Å². The number of carbonyl (C=O) groups excluding carboxylic acids is 6. The monoisotopic (exact) mass is 980 g/mol. The molecule has 4 aromatic rings. The molecule has 26 nitrogen and oxygen atoms in total. The number of carbonyl (C=O) groups is 6. The van der Waals surface area contributed by atoms with Crippen LogP contribution in [-0.4, -0.2) is 174 Å². The number of hydrogen-bond donors (Lipinski definition) is 7. The van der Waals surface area contributed by atoms with Crippen LogP contribution in [0.15, 0.2) is 84.0 Å². The number of rotatable bonds is 11. The molecule has 0 saturated carbocycles. The van der Waals surface area contributed by atoms with E-state index in [1.54, 1.807) is 52.8 Å². The number of cyclic esters (lactones) is 2. The Morgan fingerprint density at radius 3 is 1.66 bits per heavy atom. The first-order chi connectivity index (χ1) is 33.7. The van der Waals surface area contributed by atoms with Crippen molar-refractivity contribution < 1.29 is 57.2 Å². The number of amides is 6. The minimum atomic E-state index is -0.610. The summed E-state index contributed by atoms with van der Waals surface area (Å²) in [7, 11) is 0. The van der Waals surface area contributed by atoms with Gasteiger partial charge in [-0.3, -0.25) is 28.5 Å². The maximum atomic E-state index is 14.7. The summed E-state index contributed by atoms with van der Waals surface area (Å²) in [5, 5.41) is 33.2. The number of aromatic nitrogens is 4. The molecule has 4 aliphatic heterocycles. The van der Waals surface area contributed by atoms with Crippen LogP contribution in [-0.2, 0) is 19.1 Å². The van der Waals surface area contributed by atoms with E-state index < -0.39 is 42.1 Å². The van der Waals surface area contributed by atoms with E-state index in [-0.39, 0.29) is 76.0 Å². The molecule has 8 rings (SSSR count). The van der Waals surface area contributed by atoms with Gasteiger partial charge < -0.3 is 56.6 Å². The zero-order valence-corrected chi connectivity index (χ0v) is 38.1. The molecule has 2 fully saturated rings. The predicted octanol–water partition coefficient (Wildman–Crippen LogP) is 0.228. The van der Waals surface area contributed by atoms with E-state index in [9.17, 15) is 37.5 Å². The van der Waals surface area contributed by atoms with Crippen LogP contribution in [0.4, 0.5) is 50.7 Å². The van der Waals surface area contributed by atoms with Crippen LogP contribution in [0.5, 0.6) is 0 Å². The summed E-state index contributed by atoms with van der Waals surface area (Å²) in [5.41, 5.74) is 8.97. The van der Waals surface area contributed by atoms with Gasteiger partial charge in [0.15, 0.2) is 0 Å². The Balaban J connectivity index is 0.000000202. The highest BCUT2D eigenvalue weighted by Crippen LogP contribution is 2.29. The Labute approximate surface area is 399 Å². The number of halogens is 2. The third kappa shape index (κ3) is 15.1. The molecule has 2 aromatic heterocycles. The molecule has 2 saturated heterocycles. The molecule has 8 N–H and O–H groups in total. The van der Waals surface area contributed by atoms with Gasteiger partial charge in [0.2, 0.25) is 11.8 Å². The van der Waals surface area contributed by atoms with Crippen molar-refractivity contribution in [1.29, 1.82) is 0 Å². The number of nitrogens with one attached hydrogen (secondary N) is 4. The summed E-state index contributed by atoms with van der Waals surface area (Å²) < 4.78 is 42.3. The fourth-order valence-corrected chi connectivity index (χ4v) is 6.48. The zero-order chi connectivity index (χ0) is 50.6. The summed E-state index contributed by atoms with van der Waals surface area (Å²) in [6.07, 6.45) is 9.90. The van der Waals surface area contributed by atoms with Crippen molar-refractivity contribution in [3.05, 3.63) is 85.5 Å². The number of hydrogen-bond acceptors (Lipinski definition) is 18. The predicted molar refractivity (Wildman–Crippen MR) is 249 cm³/mol. The van der Waals surface area contributed by atoms with Crippen LogP contribution >= 0.6 is 0 Å².